The molecule has 0 unspecified atom stereocenters. The smallest absolute Gasteiger partial charge is 0.163 e. The molecule has 0 amide bonds. The third kappa shape index (κ3) is 4.94. The Morgan fingerprint density at radius 2 is 1.85 bits per heavy atom. The summed E-state index contributed by atoms with van der Waals surface area (Å²) in [7, 11) is 3.75. The normalized spacial score (nSPS) is 16.1. The summed E-state index contributed by atoms with van der Waals surface area (Å²) in [5.41, 5.74) is 0.719. The van der Waals surface area contributed by atoms with E-state index in [-0.39, 0.29) is 0 Å². The summed E-state index contributed by atoms with van der Waals surface area (Å²) in [5.74, 6) is 1.23. The van der Waals surface area contributed by atoms with E-state index in [1.807, 2.05) is 6.07 Å². The zero-order valence-electron chi connectivity index (χ0n) is 15.3. The number of hydrogen-bond acceptors (Lipinski definition) is 7. The van der Waals surface area contributed by atoms with Gasteiger partial charge in [0.25, 0.3) is 0 Å². The van der Waals surface area contributed by atoms with E-state index in [9.17, 15) is 0 Å². The standard InChI is InChI=1S/C18H25ClN4O3/c1-22-3-5-23(6-4-22)7-8-25-9-10-26-17-12-15-14(11-16(17)24-2)18(19)21-13-20-15/h11-13H,3-10H2,1-2H3. The van der Waals surface area contributed by atoms with Gasteiger partial charge in [0.05, 0.1) is 25.8 Å². The van der Waals surface area contributed by atoms with E-state index in [2.05, 4.69) is 26.8 Å². The van der Waals surface area contributed by atoms with Crippen molar-refractivity contribution in [3.05, 3.63) is 23.6 Å². The van der Waals surface area contributed by atoms with Crippen molar-refractivity contribution in [1.29, 1.82) is 0 Å². The second-order valence-corrected chi connectivity index (χ2v) is 6.65. The van der Waals surface area contributed by atoms with Crippen LogP contribution in [0.3, 0.4) is 0 Å². The van der Waals surface area contributed by atoms with Crippen molar-refractivity contribution in [1.82, 2.24) is 19.8 Å². The van der Waals surface area contributed by atoms with Crippen LogP contribution in [0.4, 0.5) is 0 Å². The first kappa shape index (κ1) is 19.1. The lowest BCUT2D eigenvalue weighted by molar-refractivity contribution is 0.0653. The molecule has 142 valence electrons. The summed E-state index contributed by atoms with van der Waals surface area (Å²) in [6.45, 7) is 7.11. The summed E-state index contributed by atoms with van der Waals surface area (Å²) < 4.78 is 16.9. The topological polar surface area (TPSA) is 60.0 Å². The van der Waals surface area contributed by atoms with Crippen molar-refractivity contribution >= 4 is 22.5 Å². The van der Waals surface area contributed by atoms with Crippen LogP contribution < -0.4 is 9.47 Å². The quantitative estimate of drug-likeness (QED) is 0.512. The summed E-state index contributed by atoms with van der Waals surface area (Å²) in [6.07, 6.45) is 1.43. The van der Waals surface area contributed by atoms with Gasteiger partial charge in [-0.15, -0.1) is 0 Å². The molecule has 0 radical (unpaired) electrons. The number of aromatic nitrogens is 2. The minimum atomic E-state index is 0.395. The highest BCUT2D eigenvalue weighted by atomic mass is 35.5. The molecule has 0 bridgehead atoms. The van der Waals surface area contributed by atoms with Crippen LogP contribution in [0, 0.1) is 0 Å². The van der Waals surface area contributed by atoms with Crippen LogP contribution >= 0.6 is 11.6 Å². The molecule has 1 saturated heterocycles. The first-order valence-electron chi connectivity index (χ1n) is 8.77. The molecule has 7 nitrogen and oxygen atoms in total. The number of likely N-dealkylation sites (N-methyl/N-ethyl adjacent to an activating group) is 1. The van der Waals surface area contributed by atoms with Gasteiger partial charge in [0.1, 0.15) is 18.1 Å². The van der Waals surface area contributed by atoms with Crippen LogP contribution in [0.25, 0.3) is 10.9 Å². The number of rotatable bonds is 8. The fourth-order valence-electron chi connectivity index (χ4n) is 2.88. The number of methoxy groups -OCH3 is 1. The average molecular weight is 381 g/mol. The highest BCUT2D eigenvalue weighted by molar-refractivity contribution is 6.34. The van der Waals surface area contributed by atoms with Gasteiger partial charge in [-0.3, -0.25) is 4.90 Å². The van der Waals surface area contributed by atoms with E-state index >= 15 is 0 Å². The van der Waals surface area contributed by atoms with Gasteiger partial charge in [0, 0.05) is 44.2 Å². The molecule has 0 aliphatic carbocycles. The highest BCUT2D eigenvalue weighted by Crippen LogP contribution is 2.33. The number of benzene rings is 1. The molecule has 2 aromatic rings. The number of ether oxygens (including phenoxy) is 3. The minimum absolute atomic E-state index is 0.395. The third-order valence-electron chi connectivity index (χ3n) is 4.51. The van der Waals surface area contributed by atoms with Crippen molar-refractivity contribution in [3.63, 3.8) is 0 Å². The Hall–Kier alpha value is -1.67. The van der Waals surface area contributed by atoms with E-state index in [1.54, 1.807) is 13.2 Å². The molecule has 1 aliphatic heterocycles. The lowest BCUT2D eigenvalue weighted by Gasteiger charge is -2.32. The van der Waals surface area contributed by atoms with Crippen LogP contribution in [0.2, 0.25) is 5.15 Å². The predicted octanol–water partition coefficient (Wildman–Crippen LogP) is 1.93. The monoisotopic (exact) mass is 380 g/mol. The summed E-state index contributed by atoms with van der Waals surface area (Å²) >= 11 is 6.10. The van der Waals surface area contributed by atoms with E-state index < -0.39 is 0 Å². The van der Waals surface area contributed by atoms with Gasteiger partial charge < -0.3 is 19.1 Å². The summed E-state index contributed by atoms with van der Waals surface area (Å²) in [5, 5.41) is 1.13. The van der Waals surface area contributed by atoms with Gasteiger partial charge in [-0.25, -0.2) is 9.97 Å². The number of fused-ring (bicyclic) bond motifs is 1. The van der Waals surface area contributed by atoms with E-state index in [1.165, 1.54) is 6.33 Å². The number of piperazine rings is 1. The molecule has 1 fully saturated rings. The molecule has 8 heteroatoms. The molecule has 0 spiro atoms. The zero-order valence-corrected chi connectivity index (χ0v) is 16.0. The molecular weight excluding hydrogens is 356 g/mol. The van der Waals surface area contributed by atoms with Crippen molar-refractivity contribution < 1.29 is 14.2 Å². The summed E-state index contributed by atoms with van der Waals surface area (Å²) in [4.78, 5) is 13.0. The van der Waals surface area contributed by atoms with Gasteiger partial charge in [0.2, 0.25) is 0 Å². The Morgan fingerprint density at radius 1 is 1.04 bits per heavy atom. The van der Waals surface area contributed by atoms with E-state index in [4.69, 9.17) is 25.8 Å². The van der Waals surface area contributed by atoms with Crippen molar-refractivity contribution in [2.24, 2.45) is 0 Å². The largest absolute Gasteiger partial charge is 0.493 e. The van der Waals surface area contributed by atoms with Crippen molar-refractivity contribution in [3.8, 4) is 11.5 Å². The number of halogens is 1. The van der Waals surface area contributed by atoms with Gasteiger partial charge in [0.15, 0.2) is 11.5 Å². The number of nitrogens with zero attached hydrogens (tertiary/aromatic N) is 4. The molecule has 0 N–H and O–H groups in total. The van der Waals surface area contributed by atoms with Crippen molar-refractivity contribution in [2.45, 2.75) is 0 Å². The zero-order chi connectivity index (χ0) is 18.4. The second kappa shape index (κ2) is 9.32. The predicted molar refractivity (Wildman–Crippen MR) is 101 cm³/mol. The molecule has 26 heavy (non-hydrogen) atoms. The van der Waals surface area contributed by atoms with Gasteiger partial charge in [-0.1, -0.05) is 11.6 Å². The Labute approximate surface area is 158 Å². The SMILES string of the molecule is COc1cc2c(Cl)ncnc2cc1OCCOCCN1CCN(C)CC1. The fraction of sp³-hybridized carbons (Fsp3) is 0.556. The molecule has 0 saturated carbocycles. The second-order valence-electron chi connectivity index (χ2n) is 6.29. The Balaban J connectivity index is 1.44. The van der Waals surface area contributed by atoms with Gasteiger partial charge >= 0.3 is 0 Å². The highest BCUT2D eigenvalue weighted by Gasteiger charge is 2.13. The van der Waals surface area contributed by atoms with Crippen LogP contribution in [-0.4, -0.2) is 86.5 Å². The lowest BCUT2D eigenvalue weighted by atomic mass is 10.2. The third-order valence-corrected chi connectivity index (χ3v) is 4.81. The average Bonchev–Trinajstić information content (AvgIpc) is 2.65. The van der Waals surface area contributed by atoms with Gasteiger partial charge in [-0.05, 0) is 13.1 Å². The first-order valence-corrected chi connectivity index (χ1v) is 9.15. The molecule has 1 aromatic carbocycles. The van der Waals surface area contributed by atoms with Gasteiger partial charge in [-0.2, -0.15) is 0 Å². The number of hydrogen-bond donors (Lipinski definition) is 0. The summed E-state index contributed by atoms with van der Waals surface area (Å²) in [6, 6.07) is 3.60. The molecular formula is C18H25ClN4O3. The molecule has 1 aliphatic rings. The molecule has 3 rings (SSSR count). The maximum absolute atomic E-state index is 6.10. The van der Waals surface area contributed by atoms with E-state index in [0.29, 0.717) is 36.5 Å². The first-order chi connectivity index (χ1) is 12.7. The minimum Gasteiger partial charge on any atom is -0.493 e. The van der Waals surface area contributed by atoms with Crippen LogP contribution in [0.5, 0.6) is 11.5 Å². The maximum atomic E-state index is 6.10. The van der Waals surface area contributed by atoms with Crippen LogP contribution in [0.15, 0.2) is 18.5 Å². The maximum Gasteiger partial charge on any atom is 0.163 e. The van der Waals surface area contributed by atoms with Crippen molar-refractivity contribution in [2.75, 3.05) is 66.7 Å². The molecule has 2 heterocycles. The van der Waals surface area contributed by atoms with Crippen LogP contribution in [-0.2, 0) is 4.74 Å². The Morgan fingerprint density at radius 3 is 2.62 bits per heavy atom. The van der Waals surface area contributed by atoms with Crippen LogP contribution in [0.1, 0.15) is 0 Å². The Bertz CT molecular complexity index is 723. The molecule has 0 atom stereocenters. The fourth-order valence-corrected chi connectivity index (χ4v) is 3.08. The molecule has 1 aromatic heterocycles. The van der Waals surface area contributed by atoms with E-state index in [0.717, 1.165) is 43.6 Å². The lowest BCUT2D eigenvalue weighted by Crippen LogP contribution is -2.45. The Kier molecular flexibility index (Phi) is 6.85.